The fraction of sp³-hybridized carbons (Fsp3) is 0.500. The standard InChI is InChI=1S/C12H16ClNO2/c1-14-11(8-12-15-6-7-16-12)9-2-4-10(13)5-3-9/h2-5,11-12,14H,6-8H2,1H3. The van der Waals surface area contributed by atoms with Crippen LogP contribution in [0.4, 0.5) is 0 Å². The van der Waals surface area contributed by atoms with E-state index in [0.717, 1.165) is 11.4 Å². The van der Waals surface area contributed by atoms with E-state index < -0.39 is 0 Å². The molecule has 0 spiro atoms. The molecule has 1 unspecified atom stereocenters. The molecule has 3 nitrogen and oxygen atoms in total. The summed E-state index contributed by atoms with van der Waals surface area (Å²) < 4.78 is 10.9. The molecule has 1 aromatic carbocycles. The Kier molecular flexibility index (Phi) is 4.18. The van der Waals surface area contributed by atoms with Crippen LogP contribution in [0.25, 0.3) is 0 Å². The zero-order chi connectivity index (χ0) is 11.4. The first-order valence-electron chi connectivity index (χ1n) is 5.45. The molecular weight excluding hydrogens is 226 g/mol. The van der Waals surface area contributed by atoms with Crippen LogP contribution >= 0.6 is 11.6 Å². The first kappa shape index (κ1) is 11.9. The van der Waals surface area contributed by atoms with Gasteiger partial charge in [0.2, 0.25) is 0 Å². The van der Waals surface area contributed by atoms with E-state index in [2.05, 4.69) is 5.32 Å². The molecule has 0 aromatic heterocycles. The number of benzene rings is 1. The van der Waals surface area contributed by atoms with Gasteiger partial charge in [-0.1, -0.05) is 23.7 Å². The highest BCUT2D eigenvalue weighted by molar-refractivity contribution is 6.30. The van der Waals surface area contributed by atoms with Crippen molar-refractivity contribution in [1.29, 1.82) is 0 Å². The Labute approximate surface area is 101 Å². The van der Waals surface area contributed by atoms with Gasteiger partial charge in [-0.2, -0.15) is 0 Å². The van der Waals surface area contributed by atoms with E-state index in [9.17, 15) is 0 Å². The van der Waals surface area contributed by atoms with Crippen molar-refractivity contribution in [3.63, 3.8) is 0 Å². The predicted molar refractivity (Wildman–Crippen MR) is 63.6 cm³/mol. The molecule has 1 aliphatic heterocycles. The zero-order valence-corrected chi connectivity index (χ0v) is 10.0. The summed E-state index contributed by atoms with van der Waals surface area (Å²) in [4.78, 5) is 0. The molecule has 1 saturated heterocycles. The van der Waals surface area contributed by atoms with E-state index in [4.69, 9.17) is 21.1 Å². The number of halogens is 1. The van der Waals surface area contributed by atoms with Crippen LogP contribution in [0.5, 0.6) is 0 Å². The molecule has 16 heavy (non-hydrogen) atoms. The van der Waals surface area contributed by atoms with Gasteiger partial charge in [0.15, 0.2) is 6.29 Å². The lowest BCUT2D eigenvalue weighted by Crippen LogP contribution is -2.22. The van der Waals surface area contributed by atoms with Gasteiger partial charge in [0, 0.05) is 17.5 Å². The second-order valence-corrected chi connectivity index (χ2v) is 4.24. The van der Waals surface area contributed by atoms with Crippen LogP contribution in [-0.4, -0.2) is 26.6 Å². The van der Waals surface area contributed by atoms with Crippen molar-refractivity contribution >= 4 is 11.6 Å². The van der Waals surface area contributed by atoms with Gasteiger partial charge < -0.3 is 14.8 Å². The maximum Gasteiger partial charge on any atom is 0.159 e. The van der Waals surface area contributed by atoms with Crippen molar-refractivity contribution in [3.05, 3.63) is 34.9 Å². The van der Waals surface area contributed by atoms with Crippen molar-refractivity contribution in [3.8, 4) is 0 Å². The molecule has 0 saturated carbocycles. The van der Waals surface area contributed by atoms with Crippen molar-refractivity contribution in [1.82, 2.24) is 5.32 Å². The Balaban J connectivity index is 2.00. The summed E-state index contributed by atoms with van der Waals surface area (Å²) in [5.41, 5.74) is 1.20. The molecule has 0 amide bonds. The topological polar surface area (TPSA) is 30.5 Å². The predicted octanol–water partition coefficient (Wildman–Crippen LogP) is 2.36. The van der Waals surface area contributed by atoms with E-state index >= 15 is 0 Å². The fourth-order valence-electron chi connectivity index (χ4n) is 1.85. The van der Waals surface area contributed by atoms with Gasteiger partial charge >= 0.3 is 0 Å². The van der Waals surface area contributed by atoms with Crippen LogP contribution in [0.15, 0.2) is 24.3 Å². The third-order valence-electron chi connectivity index (χ3n) is 2.74. The minimum Gasteiger partial charge on any atom is -0.350 e. The average Bonchev–Trinajstić information content (AvgIpc) is 2.80. The molecule has 0 bridgehead atoms. The summed E-state index contributed by atoms with van der Waals surface area (Å²) in [6, 6.07) is 8.09. The van der Waals surface area contributed by atoms with Gasteiger partial charge in [-0.3, -0.25) is 0 Å². The van der Waals surface area contributed by atoms with Gasteiger partial charge in [0.1, 0.15) is 0 Å². The van der Waals surface area contributed by atoms with E-state index in [1.807, 2.05) is 31.3 Å². The third-order valence-corrected chi connectivity index (χ3v) is 2.99. The van der Waals surface area contributed by atoms with Crippen molar-refractivity contribution < 1.29 is 9.47 Å². The van der Waals surface area contributed by atoms with Gasteiger partial charge in [-0.15, -0.1) is 0 Å². The largest absolute Gasteiger partial charge is 0.350 e. The Bertz CT molecular complexity index is 322. The number of ether oxygens (including phenoxy) is 2. The van der Waals surface area contributed by atoms with Crippen LogP contribution in [-0.2, 0) is 9.47 Å². The molecule has 1 atom stereocenters. The Morgan fingerprint density at radius 2 is 1.94 bits per heavy atom. The van der Waals surface area contributed by atoms with Crippen molar-refractivity contribution in [2.24, 2.45) is 0 Å². The third kappa shape index (κ3) is 2.95. The van der Waals surface area contributed by atoms with Crippen LogP contribution in [0.2, 0.25) is 5.02 Å². The molecule has 88 valence electrons. The number of nitrogens with one attached hydrogen (secondary N) is 1. The first-order valence-corrected chi connectivity index (χ1v) is 5.83. The number of rotatable bonds is 4. The van der Waals surface area contributed by atoms with Crippen LogP contribution in [0.3, 0.4) is 0 Å². The summed E-state index contributed by atoms with van der Waals surface area (Å²) in [5.74, 6) is 0. The fourth-order valence-corrected chi connectivity index (χ4v) is 1.98. The summed E-state index contributed by atoms with van der Waals surface area (Å²) in [7, 11) is 1.94. The molecule has 1 aromatic rings. The average molecular weight is 242 g/mol. The summed E-state index contributed by atoms with van der Waals surface area (Å²) in [5, 5.41) is 4.02. The number of hydrogen-bond acceptors (Lipinski definition) is 3. The van der Waals surface area contributed by atoms with Gasteiger partial charge in [0.25, 0.3) is 0 Å². The maximum absolute atomic E-state index is 5.86. The first-order chi connectivity index (χ1) is 7.79. The second kappa shape index (κ2) is 5.64. The molecular formula is C12H16ClNO2. The SMILES string of the molecule is CNC(CC1OCCO1)c1ccc(Cl)cc1. The maximum atomic E-state index is 5.86. The van der Waals surface area contributed by atoms with Gasteiger partial charge in [-0.05, 0) is 24.7 Å². The Morgan fingerprint density at radius 1 is 1.31 bits per heavy atom. The Morgan fingerprint density at radius 3 is 2.50 bits per heavy atom. The molecule has 1 N–H and O–H groups in total. The molecule has 0 radical (unpaired) electrons. The van der Waals surface area contributed by atoms with E-state index in [1.54, 1.807) is 0 Å². The molecule has 4 heteroatoms. The lowest BCUT2D eigenvalue weighted by molar-refractivity contribution is -0.0526. The lowest BCUT2D eigenvalue weighted by Gasteiger charge is -2.19. The molecule has 1 heterocycles. The summed E-state index contributed by atoms with van der Waals surface area (Å²) in [6.07, 6.45) is 0.728. The monoisotopic (exact) mass is 241 g/mol. The highest BCUT2D eigenvalue weighted by Gasteiger charge is 2.21. The second-order valence-electron chi connectivity index (χ2n) is 3.80. The van der Waals surface area contributed by atoms with E-state index in [-0.39, 0.29) is 12.3 Å². The quantitative estimate of drug-likeness (QED) is 0.878. The Hall–Kier alpha value is -0.610. The minimum atomic E-state index is -0.0897. The summed E-state index contributed by atoms with van der Waals surface area (Å²) >= 11 is 5.86. The minimum absolute atomic E-state index is 0.0897. The molecule has 0 aliphatic carbocycles. The highest BCUT2D eigenvalue weighted by atomic mass is 35.5. The molecule has 2 rings (SSSR count). The van der Waals surface area contributed by atoms with Gasteiger partial charge in [0.05, 0.1) is 13.2 Å². The van der Waals surface area contributed by atoms with Crippen molar-refractivity contribution in [2.75, 3.05) is 20.3 Å². The zero-order valence-electron chi connectivity index (χ0n) is 9.28. The molecule has 1 aliphatic rings. The number of hydrogen-bond donors (Lipinski definition) is 1. The lowest BCUT2D eigenvalue weighted by atomic mass is 10.0. The normalized spacial score (nSPS) is 18.9. The highest BCUT2D eigenvalue weighted by Crippen LogP contribution is 2.23. The van der Waals surface area contributed by atoms with Crippen LogP contribution in [0.1, 0.15) is 18.0 Å². The van der Waals surface area contributed by atoms with E-state index in [1.165, 1.54) is 5.56 Å². The van der Waals surface area contributed by atoms with Gasteiger partial charge in [-0.25, -0.2) is 0 Å². The van der Waals surface area contributed by atoms with Crippen LogP contribution < -0.4 is 5.32 Å². The van der Waals surface area contributed by atoms with Crippen LogP contribution in [0, 0.1) is 0 Å². The summed E-state index contributed by atoms with van der Waals surface area (Å²) in [6.45, 7) is 1.39. The van der Waals surface area contributed by atoms with E-state index in [0.29, 0.717) is 13.2 Å². The molecule has 1 fully saturated rings. The van der Waals surface area contributed by atoms with Crippen molar-refractivity contribution in [2.45, 2.75) is 18.8 Å². The smallest absolute Gasteiger partial charge is 0.159 e.